The predicted molar refractivity (Wildman–Crippen MR) is 86.1 cm³/mol. The minimum atomic E-state index is -0.0447. The molecule has 0 atom stereocenters. The Kier molecular flexibility index (Phi) is 3.87. The molecule has 1 saturated heterocycles. The highest BCUT2D eigenvalue weighted by Gasteiger charge is 2.16. The van der Waals surface area contributed by atoms with Gasteiger partial charge in [-0.3, -0.25) is 4.79 Å². The maximum atomic E-state index is 11.1. The Morgan fingerprint density at radius 3 is 2.90 bits per heavy atom. The minimum Gasteiger partial charge on any atom is -0.496 e. The van der Waals surface area contributed by atoms with Crippen LogP contribution in [0.25, 0.3) is 10.8 Å². The van der Waals surface area contributed by atoms with E-state index >= 15 is 0 Å². The second kappa shape index (κ2) is 5.97. The van der Waals surface area contributed by atoms with Crippen LogP contribution in [0.4, 0.5) is 0 Å². The molecule has 0 radical (unpaired) electrons. The summed E-state index contributed by atoms with van der Waals surface area (Å²) in [6, 6.07) is 11.9. The van der Waals surface area contributed by atoms with Crippen molar-refractivity contribution >= 4 is 39.8 Å². The number of rotatable bonds is 3. The fourth-order valence-electron chi connectivity index (χ4n) is 2.11. The quantitative estimate of drug-likeness (QED) is 0.699. The third kappa shape index (κ3) is 2.90. The summed E-state index contributed by atoms with van der Waals surface area (Å²) in [5, 5.41) is 13.4. The number of nitrogens with one attached hydrogen (secondary N) is 1. The van der Waals surface area contributed by atoms with Crippen molar-refractivity contribution in [3.8, 4) is 5.75 Å². The molecular formula is C15H13N3O2S. The molecule has 1 amide bonds. The van der Waals surface area contributed by atoms with Crippen molar-refractivity contribution in [2.75, 3.05) is 12.9 Å². The van der Waals surface area contributed by atoms with Gasteiger partial charge in [-0.25, -0.2) is 0 Å². The van der Waals surface area contributed by atoms with Crippen LogP contribution in [0.15, 0.2) is 46.6 Å². The predicted octanol–water partition coefficient (Wildman–Crippen LogP) is 2.40. The summed E-state index contributed by atoms with van der Waals surface area (Å²) in [4.78, 5) is 11.1. The van der Waals surface area contributed by atoms with E-state index in [9.17, 15) is 4.79 Å². The van der Waals surface area contributed by atoms with Crippen LogP contribution in [0.1, 0.15) is 5.56 Å². The van der Waals surface area contributed by atoms with E-state index in [4.69, 9.17) is 4.74 Å². The fraction of sp³-hybridized carbons (Fsp3) is 0.133. The van der Waals surface area contributed by atoms with Gasteiger partial charge in [-0.15, -0.1) is 5.10 Å². The Balaban J connectivity index is 1.97. The highest BCUT2D eigenvalue weighted by Crippen LogP contribution is 2.26. The second-order valence-corrected chi connectivity index (χ2v) is 5.35. The molecule has 1 fully saturated rings. The van der Waals surface area contributed by atoms with Crippen molar-refractivity contribution < 1.29 is 9.53 Å². The molecule has 5 nitrogen and oxygen atoms in total. The molecule has 1 aliphatic heterocycles. The number of nitrogens with zero attached hydrogens (tertiary/aromatic N) is 2. The SMILES string of the molecule is COc1ccc2ccccc2c1C=NN=C1NC(=O)CS1. The lowest BCUT2D eigenvalue weighted by molar-refractivity contribution is -0.116. The van der Waals surface area contributed by atoms with Gasteiger partial charge in [-0.2, -0.15) is 5.10 Å². The van der Waals surface area contributed by atoms with Gasteiger partial charge < -0.3 is 10.1 Å². The molecule has 21 heavy (non-hydrogen) atoms. The van der Waals surface area contributed by atoms with Crippen LogP contribution in [0.5, 0.6) is 5.75 Å². The number of ether oxygens (including phenoxy) is 1. The molecule has 2 aromatic carbocycles. The number of hydrogen-bond acceptors (Lipinski definition) is 5. The molecule has 0 bridgehead atoms. The van der Waals surface area contributed by atoms with Crippen LogP contribution in [-0.2, 0) is 4.79 Å². The smallest absolute Gasteiger partial charge is 0.236 e. The zero-order valence-corrected chi connectivity index (χ0v) is 12.2. The molecule has 0 spiro atoms. The number of amides is 1. The zero-order chi connectivity index (χ0) is 14.7. The molecular weight excluding hydrogens is 286 g/mol. The van der Waals surface area contributed by atoms with Crippen molar-refractivity contribution in [3.05, 3.63) is 42.0 Å². The van der Waals surface area contributed by atoms with Crippen LogP contribution in [-0.4, -0.2) is 30.2 Å². The Morgan fingerprint density at radius 1 is 1.29 bits per heavy atom. The van der Waals surface area contributed by atoms with Gasteiger partial charge >= 0.3 is 0 Å². The maximum Gasteiger partial charge on any atom is 0.236 e. The van der Waals surface area contributed by atoms with Crippen LogP contribution < -0.4 is 10.1 Å². The number of methoxy groups -OCH3 is 1. The average molecular weight is 299 g/mol. The van der Waals surface area contributed by atoms with E-state index in [-0.39, 0.29) is 5.91 Å². The van der Waals surface area contributed by atoms with Crippen molar-refractivity contribution in [1.29, 1.82) is 0 Å². The van der Waals surface area contributed by atoms with Gasteiger partial charge in [-0.1, -0.05) is 42.1 Å². The lowest BCUT2D eigenvalue weighted by Gasteiger charge is -2.07. The maximum absolute atomic E-state index is 11.1. The molecule has 106 valence electrons. The third-order valence-electron chi connectivity index (χ3n) is 3.07. The molecule has 1 aliphatic rings. The Bertz CT molecular complexity index is 756. The molecule has 0 aromatic heterocycles. The number of amidine groups is 1. The van der Waals surface area contributed by atoms with Gasteiger partial charge in [0.25, 0.3) is 0 Å². The molecule has 0 aliphatic carbocycles. The summed E-state index contributed by atoms with van der Waals surface area (Å²) in [5.74, 6) is 1.09. The average Bonchev–Trinajstić information content (AvgIpc) is 2.93. The van der Waals surface area contributed by atoms with E-state index in [0.717, 1.165) is 22.1 Å². The van der Waals surface area contributed by atoms with E-state index in [0.29, 0.717) is 10.9 Å². The first-order valence-corrected chi connectivity index (χ1v) is 7.36. The van der Waals surface area contributed by atoms with Crippen molar-refractivity contribution in [2.45, 2.75) is 0 Å². The highest BCUT2D eigenvalue weighted by atomic mass is 32.2. The fourth-order valence-corrected chi connectivity index (χ4v) is 2.74. The summed E-state index contributed by atoms with van der Waals surface area (Å²) < 4.78 is 5.38. The molecule has 0 unspecified atom stereocenters. The largest absolute Gasteiger partial charge is 0.496 e. The number of benzene rings is 2. The van der Waals surface area contributed by atoms with Gasteiger partial charge in [-0.05, 0) is 16.8 Å². The molecule has 0 saturated carbocycles. The summed E-state index contributed by atoms with van der Waals surface area (Å²) >= 11 is 1.34. The van der Waals surface area contributed by atoms with E-state index in [1.165, 1.54) is 11.8 Å². The second-order valence-electron chi connectivity index (χ2n) is 4.39. The Morgan fingerprint density at radius 2 is 2.14 bits per heavy atom. The van der Waals surface area contributed by atoms with Crippen LogP contribution in [0.3, 0.4) is 0 Å². The summed E-state index contributed by atoms with van der Waals surface area (Å²) in [6.45, 7) is 0. The summed E-state index contributed by atoms with van der Waals surface area (Å²) in [5.41, 5.74) is 0.870. The van der Waals surface area contributed by atoms with Gasteiger partial charge in [0.1, 0.15) is 5.75 Å². The number of carbonyl (C=O) groups excluding carboxylic acids is 1. The molecule has 3 rings (SSSR count). The van der Waals surface area contributed by atoms with Crippen LogP contribution in [0, 0.1) is 0 Å². The van der Waals surface area contributed by atoms with Gasteiger partial charge in [0.15, 0.2) is 5.17 Å². The number of hydrogen-bond donors (Lipinski definition) is 1. The minimum absolute atomic E-state index is 0.0447. The zero-order valence-electron chi connectivity index (χ0n) is 11.4. The summed E-state index contributed by atoms with van der Waals surface area (Å²) in [6.07, 6.45) is 1.65. The number of fused-ring (bicyclic) bond motifs is 1. The van der Waals surface area contributed by atoms with Crippen molar-refractivity contribution in [2.24, 2.45) is 10.2 Å². The van der Waals surface area contributed by atoms with Gasteiger partial charge in [0.05, 0.1) is 19.1 Å². The monoisotopic (exact) mass is 299 g/mol. The molecule has 6 heteroatoms. The normalized spacial score (nSPS) is 16.8. The molecule has 1 heterocycles. The third-order valence-corrected chi connectivity index (χ3v) is 3.94. The summed E-state index contributed by atoms with van der Waals surface area (Å²) in [7, 11) is 1.63. The number of thioether (sulfide) groups is 1. The number of carbonyl (C=O) groups is 1. The Hall–Kier alpha value is -2.34. The standard InChI is InChI=1S/C15H13N3O2S/c1-20-13-7-6-10-4-2-3-5-11(10)12(13)8-16-18-15-17-14(19)9-21-15/h2-8H,9H2,1H3,(H,17,18,19). The van der Waals surface area contributed by atoms with Crippen LogP contribution >= 0.6 is 11.8 Å². The first kappa shape index (κ1) is 13.6. The first-order chi connectivity index (χ1) is 10.3. The lowest BCUT2D eigenvalue weighted by Crippen LogP contribution is -2.19. The van der Waals surface area contributed by atoms with Gasteiger partial charge in [0, 0.05) is 5.56 Å². The van der Waals surface area contributed by atoms with E-state index in [1.807, 2.05) is 36.4 Å². The molecule has 2 aromatic rings. The Labute approximate surface area is 126 Å². The van der Waals surface area contributed by atoms with Crippen molar-refractivity contribution in [1.82, 2.24) is 5.32 Å². The lowest BCUT2D eigenvalue weighted by atomic mass is 10.0. The van der Waals surface area contributed by atoms with E-state index < -0.39 is 0 Å². The van der Waals surface area contributed by atoms with Crippen LogP contribution in [0.2, 0.25) is 0 Å². The van der Waals surface area contributed by atoms with E-state index in [1.54, 1.807) is 13.3 Å². The molecule has 1 N–H and O–H groups in total. The van der Waals surface area contributed by atoms with Gasteiger partial charge in [0.2, 0.25) is 5.91 Å². The first-order valence-electron chi connectivity index (χ1n) is 6.37. The topological polar surface area (TPSA) is 63.1 Å². The highest BCUT2D eigenvalue weighted by molar-refractivity contribution is 8.15. The van der Waals surface area contributed by atoms with Crippen molar-refractivity contribution in [3.63, 3.8) is 0 Å². The van der Waals surface area contributed by atoms with E-state index in [2.05, 4.69) is 15.5 Å².